The molecule has 10 heteroatoms. The van der Waals surface area contributed by atoms with Crippen LogP contribution in [0, 0.1) is 0 Å². The van der Waals surface area contributed by atoms with Crippen molar-refractivity contribution in [2.24, 2.45) is 0 Å². The smallest absolute Gasteiger partial charge is 0.411 e. The lowest BCUT2D eigenvalue weighted by Crippen LogP contribution is -2.58. The maximum atomic E-state index is 12.4. The predicted octanol–water partition coefficient (Wildman–Crippen LogP) is 2.15. The highest BCUT2D eigenvalue weighted by molar-refractivity contribution is 5.94. The van der Waals surface area contributed by atoms with Crippen LogP contribution in [0.2, 0.25) is 0 Å². The van der Waals surface area contributed by atoms with Crippen LogP contribution in [-0.4, -0.2) is 58.4 Å². The van der Waals surface area contributed by atoms with Gasteiger partial charge in [0, 0.05) is 5.54 Å². The summed E-state index contributed by atoms with van der Waals surface area (Å²) in [6.07, 6.45) is -1.37. The Labute approximate surface area is 204 Å². The minimum atomic E-state index is -1.43. The highest BCUT2D eigenvalue weighted by Crippen LogP contribution is 2.24. The zero-order valence-corrected chi connectivity index (χ0v) is 19.8. The fourth-order valence-corrected chi connectivity index (χ4v) is 3.96. The van der Waals surface area contributed by atoms with Gasteiger partial charge in [-0.2, -0.15) is 0 Å². The molecule has 0 fully saturated rings. The number of rotatable bonds is 12. The molecule has 2 atom stereocenters. The predicted molar refractivity (Wildman–Crippen MR) is 130 cm³/mol. The van der Waals surface area contributed by atoms with E-state index in [1.165, 1.54) is 0 Å². The molecule has 188 valence electrons. The van der Waals surface area contributed by atoms with E-state index >= 15 is 0 Å². The highest BCUT2D eigenvalue weighted by atomic mass is 16.4. The van der Waals surface area contributed by atoms with Gasteiger partial charge in [0.05, 0.1) is 12.1 Å². The second kappa shape index (κ2) is 13.2. The van der Waals surface area contributed by atoms with E-state index in [1.807, 2.05) is 71.3 Å². The molecule has 0 bridgehead atoms. The average molecular weight is 485 g/mol. The average Bonchev–Trinajstić information content (AvgIpc) is 2.79. The second-order valence-electron chi connectivity index (χ2n) is 8.49. The number of amides is 4. The molecular formula is C25H32N4O6. The highest BCUT2D eigenvalue weighted by Gasteiger charge is 2.34. The molecule has 0 saturated carbocycles. The van der Waals surface area contributed by atoms with Crippen molar-refractivity contribution in [2.45, 2.75) is 50.7 Å². The summed E-state index contributed by atoms with van der Waals surface area (Å²) in [6.45, 7) is 3.48. The second-order valence-corrected chi connectivity index (χ2v) is 8.49. The molecule has 2 aromatic carbocycles. The van der Waals surface area contributed by atoms with Crippen LogP contribution in [0.4, 0.5) is 9.59 Å². The molecule has 6 N–H and O–H groups in total. The molecule has 2 aromatic rings. The molecule has 35 heavy (non-hydrogen) atoms. The Bertz CT molecular complexity index is 958. The molecule has 0 spiro atoms. The van der Waals surface area contributed by atoms with Crippen LogP contribution >= 0.6 is 0 Å². The molecule has 0 unspecified atom stereocenters. The number of hydrogen-bond acceptors (Lipinski definition) is 6. The summed E-state index contributed by atoms with van der Waals surface area (Å²) in [6, 6.07) is 17.8. The minimum Gasteiger partial charge on any atom is -0.465 e. The van der Waals surface area contributed by atoms with Gasteiger partial charge in [-0.1, -0.05) is 60.7 Å². The van der Waals surface area contributed by atoms with Gasteiger partial charge in [-0.05, 0) is 50.8 Å². The molecule has 10 nitrogen and oxygen atoms in total. The molecular weight excluding hydrogens is 452 g/mol. The molecule has 0 aromatic heterocycles. The van der Waals surface area contributed by atoms with Crippen LogP contribution in [-0.2, 0) is 22.4 Å². The fraction of sp³-hybridized carbons (Fsp3) is 0.360. The first kappa shape index (κ1) is 27.5. The van der Waals surface area contributed by atoms with E-state index < -0.39 is 41.6 Å². The van der Waals surface area contributed by atoms with Crippen LogP contribution < -0.4 is 21.3 Å². The first-order valence-corrected chi connectivity index (χ1v) is 11.3. The minimum absolute atomic E-state index is 0.328. The van der Waals surface area contributed by atoms with Crippen LogP contribution in [0.5, 0.6) is 0 Å². The first-order valence-electron chi connectivity index (χ1n) is 11.3. The monoisotopic (exact) mass is 484 g/mol. The first-order chi connectivity index (χ1) is 16.6. The van der Waals surface area contributed by atoms with E-state index in [9.17, 15) is 19.2 Å². The maximum Gasteiger partial charge on any atom is 0.411 e. The third-order valence-corrected chi connectivity index (χ3v) is 5.59. The van der Waals surface area contributed by atoms with E-state index in [0.717, 1.165) is 11.1 Å². The SMILES string of the molecule is C[C@H](NCCC(Cc1ccccc1)(Cc1ccccc1)N[C@@H](C)C(=O)NC(=O)O)C(=O)NC(=O)O. The van der Waals surface area contributed by atoms with Crippen molar-refractivity contribution in [3.05, 3.63) is 71.8 Å². The van der Waals surface area contributed by atoms with Crippen molar-refractivity contribution in [3.8, 4) is 0 Å². The van der Waals surface area contributed by atoms with E-state index in [0.29, 0.717) is 25.8 Å². The van der Waals surface area contributed by atoms with Gasteiger partial charge in [0.1, 0.15) is 0 Å². The van der Waals surface area contributed by atoms with Gasteiger partial charge < -0.3 is 15.5 Å². The topological polar surface area (TPSA) is 157 Å². The van der Waals surface area contributed by atoms with E-state index in [-0.39, 0.29) is 0 Å². The van der Waals surface area contributed by atoms with E-state index in [2.05, 4.69) is 10.6 Å². The van der Waals surface area contributed by atoms with Crippen molar-refractivity contribution in [1.29, 1.82) is 0 Å². The van der Waals surface area contributed by atoms with E-state index in [4.69, 9.17) is 10.2 Å². The lowest BCUT2D eigenvalue weighted by atomic mass is 9.81. The molecule has 0 aliphatic rings. The van der Waals surface area contributed by atoms with Gasteiger partial charge in [0.15, 0.2) is 0 Å². The quantitative estimate of drug-likeness (QED) is 0.268. The van der Waals surface area contributed by atoms with Crippen LogP contribution in [0.3, 0.4) is 0 Å². The summed E-state index contributed by atoms with van der Waals surface area (Å²) < 4.78 is 0. The Hall–Kier alpha value is -3.76. The number of carbonyl (C=O) groups excluding carboxylic acids is 2. The Morgan fingerprint density at radius 3 is 1.60 bits per heavy atom. The number of imide groups is 2. The number of hydrogen-bond donors (Lipinski definition) is 6. The molecule has 2 rings (SSSR count). The Balaban J connectivity index is 2.32. The van der Waals surface area contributed by atoms with Crippen molar-refractivity contribution in [3.63, 3.8) is 0 Å². The van der Waals surface area contributed by atoms with Crippen molar-refractivity contribution in [2.75, 3.05) is 6.54 Å². The Morgan fingerprint density at radius 2 is 1.17 bits per heavy atom. The number of benzene rings is 2. The van der Waals surface area contributed by atoms with Gasteiger partial charge in [-0.25, -0.2) is 9.59 Å². The van der Waals surface area contributed by atoms with Gasteiger partial charge in [-0.3, -0.25) is 25.5 Å². The summed E-state index contributed by atoms with van der Waals surface area (Å²) >= 11 is 0. The fourth-order valence-electron chi connectivity index (χ4n) is 3.96. The maximum absolute atomic E-state index is 12.4. The zero-order chi connectivity index (χ0) is 25.8. The Morgan fingerprint density at radius 1 is 0.743 bits per heavy atom. The third-order valence-electron chi connectivity index (χ3n) is 5.59. The van der Waals surface area contributed by atoms with E-state index in [1.54, 1.807) is 13.8 Å². The third kappa shape index (κ3) is 9.55. The molecule has 0 aliphatic heterocycles. The molecule has 0 radical (unpaired) electrons. The number of nitrogens with one attached hydrogen (secondary N) is 4. The van der Waals surface area contributed by atoms with Crippen molar-refractivity contribution in [1.82, 2.24) is 21.3 Å². The molecule has 0 aliphatic carbocycles. The number of carbonyl (C=O) groups is 4. The number of carboxylic acid groups (broad SMARTS) is 2. The van der Waals surface area contributed by atoms with Crippen molar-refractivity contribution >= 4 is 24.0 Å². The van der Waals surface area contributed by atoms with Gasteiger partial charge >= 0.3 is 12.2 Å². The van der Waals surface area contributed by atoms with Gasteiger partial charge in [0.25, 0.3) is 0 Å². The van der Waals surface area contributed by atoms with Gasteiger partial charge in [0.2, 0.25) is 11.8 Å². The normalized spacial score (nSPS) is 12.9. The standard InChI is InChI=1S/C25H32N4O6/c1-17(21(30)27-23(32)33)26-14-13-25(15-19-9-5-3-6-10-19,16-20-11-7-4-8-12-20)29-18(2)22(31)28-24(34)35/h3-12,17-18,26,29H,13-16H2,1-2H3,(H,27,30)(H,28,31)(H,32,33)(H,34,35)/t17-,18-/m0/s1. The lowest BCUT2D eigenvalue weighted by Gasteiger charge is -2.38. The largest absolute Gasteiger partial charge is 0.465 e. The Kier molecular flexibility index (Phi) is 10.4. The zero-order valence-electron chi connectivity index (χ0n) is 19.8. The van der Waals surface area contributed by atoms with Crippen molar-refractivity contribution < 1.29 is 29.4 Å². The summed E-state index contributed by atoms with van der Waals surface area (Å²) in [7, 11) is 0. The van der Waals surface area contributed by atoms with Crippen LogP contribution in [0.25, 0.3) is 0 Å². The summed E-state index contributed by atoms with van der Waals surface area (Å²) in [4.78, 5) is 46.2. The van der Waals surface area contributed by atoms with Crippen LogP contribution in [0.1, 0.15) is 31.4 Å². The molecule has 0 heterocycles. The summed E-state index contributed by atoms with van der Waals surface area (Å²) in [5, 5.41) is 27.9. The van der Waals surface area contributed by atoms with Gasteiger partial charge in [-0.15, -0.1) is 0 Å². The summed E-state index contributed by atoms with van der Waals surface area (Å²) in [5.74, 6) is -1.35. The van der Waals surface area contributed by atoms with Crippen LogP contribution in [0.15, 0.2) is 60.7 Å². The molecule has 0 saturated heterocycles. The summed E-state index contributed by atoms with van der Waals surface area (Å²) in [5.41, 5.74) is 1.32. The molecule has 4 amide bonds. The lowest BCUT2D eigenvalue weighted by molar-refractivity contribution is -0.122.